The zero-order valence-electron chi connectivity index (χ0n) is 12.0. The van der Waals surface area contributed by atoms with E-state index < -0.39 is 11.9 Å². The van der Waals surface area contributed by atoms with Crippen molar-refractivity contribution < 1.29 is 13.2 Å². The van der Waals surface area contributed by atoms with Crippen molar-refractivity contribution in [3.63, 3.8) is 0 Å². The molecule has 1 aromatic rings. The highest BCUT2D eigenvalue weighted by molar-refractivity contribution is 6.31. The van der Waals surface area contributed by atoms with Gasteiger partial charge < -0.3 is 9.88 Å². The van der Waals surface area contributed by atoms with Crippen LogP contribution in [0.15, 0.2) is 6.07 Å². The maximum Gasteiger partial charge on any atom is 0.431 e. The first-order valence-corrected chi connectivity index (χ1v) is 7.13. The fourth-order valence-electron chi connectivity index (χ4n) is 3.56. The third-order valence-electron chi connectivity index (χ3n) is 4.60. The lowest BCUT2D eigenvalue weighted by atomic mass is 9.82. The van der Waals surface area contributed by atoms with Crippen LogP contribution >= 0.6 is 36.4 Å². The van der Waals surface area contributed by atoms with Gasteiger partial charge in [0.2, 0.25) is 0 Å². The van der Waals surface area contributed by atoms with Crippen LogP contribution in [0.3, 0.4) is 0 Å². The number of alkyl halides is 3. The normalized spacial score (nSPS) is 21.0. The van der Waals surface area contributed by atoms with Crippen molar-refractivity contribution in [1.29, 1.82) is 0 Å². The summed E-state index contributed by atoms with van der Waals surface area (Å²) in [6.07, 6.45) is -2.79. The molecule has 3 nitrogen and oxygen atoms in total. The van der Waals surface area contributed by atoms with Gasteiger partial charge in [0.15, 0.2) is 0 Å². The lowest BCUT2D eigenvalue weighted by molar-refractivity contribution is -0.144. The fraction of sp³-hybridized carbons (Fsp3) is 0.692. The zero-order chi connectivity index (χ0) is 14.5. The molecule has 0 radical (unpaired) electrons. The summed E-state index contributed by atoms with van der Waals surface area (Å²) in [6.45, 7) is 2.55. The Morgan fingerprint density at radius 1 is 1.18 bits per heavy atom. The number of nitrogens with zero attached hydrogens (tertiary/aromatic N) is 2. The largest absolute Gasteiger partial charge is 0.431 e. The quantitative estimate of drug-likeness (QED) is 0.743. The van der Waals surface area contributed by atoms with E-state index in [0.29, 0.717) is 18.8 Å². The van der Waals surface area contributed by atoms with Crippen molar-refractivity contribution in [2.75, 3.05) is 26.7 Å². The first-order chi connectivity index (χ1) is 9.36. The van der Waals surface area contributed by atoms with Crippen LogP contribution < -0.4 is 5.32 Å². The second kappa shape index (κ2) is 6.77. The molecule has 1 aromatic heterocycles. The van der Waals surface area contributed by atoms with E-state index in [1.165, 1.54) is 4.57 Å². The molecule has 0 amide bonds. The Kier molecular flexibility index (Phi) is 6.13. The van der Waals surface area contributed by atoms with E-state index in [2.05, 4.69) is 10.2 Å². The van der Waals surface area contributed by atoms with Gasteiger partial charge in [-0.3, -0.25) is 4.90 Å². The van der Waals surface area contributed by atoms with Crippen molar-refractivity contribution in [1.82, 2.24) is 14.8 Å². The zero-order valence-corrected chi connectivity index (χ0v) is 14.4. The van der Waals surface area contributed by atoms with Gasteiger partial charge in [0, 0.05) is 13.1 Å². The molecule has 0 unspecified atom stereocenters. The molecule has 0 saturated carbocycles. The Morgan fingerprint density at radius 2 is 1.77 bits per heavy atom. The average molecular weight is 381 g/mol. The summed E-state index contributed by atoms with van der Waals surface area (Å²) in [6, 6.07) is 1.08. The SMILES string of the molecule is CN1CCn2c(C(F)(F)F)cc(Cl)c2C12CCNCC2.Cl.Cl. The monoisotopic (exact) mass is 379 g/mol. The van der Waals surface area contributed by atoms with Crippen molar-refractivity contribution in [2.24, 2.45) is 0 Å². The van der Waals surface area contributed by atoms with Crippen molar-refractivity contribution in [3.05, 3.63) is 22.5 Å². The van der Waals surface area contributed by atoms with Crippen LogP contribution in [0.2, 0.25) is 5.02 Å². The number of fused-ring (bicyclic) bond motifs is 2. The maximum atomic E-state index is 13.1. The Morgan fingerprint density at radius 3 is 2.32 bits per heavy atom. The Bertz CT molecular complexity index is 525. The van der Waals surface area contributed by atoms with Gasteiger partial charge in [-0.25, -0.2) is 0 Å². The summed E-state index contributed by atoms with van der Waals surface area (Å²) in [5.74, 6) is 0. The number of aromatic nitrogens is 1. The number of halogens is 6. The molecule has 3 heterocycles. The Hall–Kier alpha value is -0.140. The molecule has 1 N–H and O–H groups in total. The van der Waals surface area contributed by atoms with Crippen LogP contribution in [0.1, 0.15) is 24.2 Å². The lowest BCUT2D eigenvalue weighted by Crippen LogP contribution is -2.55. The van der Waals surface area contributed by atoms with Gasteiger partial charge in [-0.15, -0.1) is 24.8 Å². The molecule has 1 fully saturated rings. The van der Waals surface area contributed by atoms with Gasteiger partial charge in [-0.05, 0) is 39.0 Å². The predicted molar refractivity (Wildman–Crippen MR) is 85.4 cm³/mol. The summed E-state index contributed by atoms with van der Waals surface area (Å²) < 4.78 is 40.8. The third-order valence-corrected chi connectivity index (χ3v) is 4.89. The highest BCUT2D eigenvalue weighted by Gasteiger charge is 2.47. The van der Waals surface area contributed by atoms with Crippen LogP contribution in [0, 0.1) is 0 Å². The summed E-state index contributed by atoms with van der Waals surface area (Å²) in [7, 11) is 1.98. The highest BCUT2D eigenvalue weighted by atomic mass is 35.5. The van der Waals surface area contributed by atoms with Crippen molar-refractivity contribution in [3.8, 4) is 0 Å². The first kappa shape index (κ1) is 19.9. The number of rotatable bonds is 0. The van der Waals surface area contributed by atoms with Gasteiger partial charge in [0.1, 0.15) is 5.69 Å². The number of likely N-dealkylation sites (N-methyl/N-ethyl adjacent to an activating group) is 1. The minimum atomic E-state index is -4.36. The predicted octanol–water partition coefficient (Wildman–Crippen LogP) is 3.53. The van der Waals surface area contributed by atoms with Crippen molar-refractivity contribution >= 4 is 36.4 Å². The van der Waals surface area contributed by atoms with E-state index in [9.17, 15) is 13.2 Å². The minimum Gasteiger partial charge on any atom is -0.337 e. The summed E-state index contributed by atoms with van der Waals surface area (Å²) in [5, 5.41) is 3.50. The molecule has 1 spiro atoms. The number of hydrogen-bond donors (Lipinski definition) is 1. The highest BCUT2D eigenvalue weighted by Crippen LogP contribution is 2.46. The molecule has 2 aliphatic rings. The molecule has 128 valence electrons. The molecule has 9 heteroatoms. The summed E-state index contributed by atoms with van der Waals surface area (Å²) in [4.78, 5) is 2.16. The van der Waals surface area contributed by atoms with Crippen LogP contribution in [-0.4, -0.2) is 36.1 Å². The molecule has 0 atom stereocenters. The van der Waals surface area contributed by atoms with Gasteiger partial charge in [-0.2, -0.15) is 13.2 Å². The van der Waals surface area contributed by atoms with E-state index in [0.717, 1.165) is 32.0 Å². The van der Waals surface area contributed by atoms with E-state index >= 15 is 0 Å². The van der Waals surface area contributed by atoms with Crippen LogP contribution in [-0.2, 0) is 18.3 Å². The van der Waals surface area contributed by atoms with E-state index in [1.54, 1.807) is 0 Å². The topological polar surface area (TPSA) is 20.2 Å². The van der Waals surface area contributed by atoms with Crippen LogP contribution in [0.5, 0.6) is 0 Å². The van der Waals surface area contributed by atoms with Gasteiger partial charge in [0.05, 0.1) is 16.3 Å². The first-order valence-electron chi connectivity index (χ1n) is 6.75. The van der Waals surface area contributed by atoms with Crippen LogP contribution in [0.4, 0.5) is 13.2 Å². The average Bonchev–Trinajstić information content (AvgIpc) is 2.74. The van der Waals surface area contributed by atoms with Gasteiger partial charge in [0.25, 0.3) is 0 Å². The smallest absolute Gasteiger partial charge is 0.337 e. The number of piperidine rings is 1. The fourth-order valence-corrected chi connectivity index (χ4v) is 3.94. The molecule has 0 bridgehead atoms. The van der Waals surface area contributed by atoms with Gasteiger partial charge >= 0.3 is 6.18 Å². The van der Waals surface area contributed by atoms with Crippen molar-refractivity contribution in [2.45, 2.75) is 31.1 Å². The molecular weight excluding hydrogens is 362 g/mol. The Balaban J connectivity index is 0.00000121. The molecule has 0 aliphatic carbocycles. The standard InChI is InChI=1S/C13H17ClF3N3.2ClH/c1-19-6-7-20-10(13(15,16)17)8-9(14)11(20)12(19)2-4-18-5-3-12;;/h8,18H,2-7H2,1H3;2*1H. The van der Waals surface area contributed by atoms with E-state index in [4.69, 9.17) is 11.6 Å². The minimum absolute atomic E-state index is 0. The third kappa shape index (κ3) is 2.96. The molecular formula is C13H19Cl3F3N3. The molecule has 0 aromatic carbocycles. The molecule has 1 saturated heterocycles. The van der Waals surface area contributed by atoms with Gasteiger partial charge in [-0.1, -0.05) is 11.6 Å². The van der Waals surface area contributed by atoms with E-state index in [-0.39, 0.29) is 35.4 Å². The number of nitrogens with one attached hydrogen (secondary N) is 1. The molecule has 2 aliphatic heterocycles. The summed E-state index contributed by atoms with van der Waals surface area (Å²) in [5.41, 5.74) is -0.352. The molecule has 3 rings (SSSR count). The molecule has 22 heavy (non-hydrogen) atoms. The number of hydrogen-bond acceptors (Lipinski definition) is 2. The maximum absolute atomic E-state index is 13.1. The van der Waals surface area contributed by atoms with Crippen LogP contribution in [0.25, 0.3) is 0 Å². The summed E-state index contributed by atoms with van der Waals surface area (Å²) >= 11 is 6.19. The van der Waals surface area contributed by atoms with E-state index in [1.807, 2.05) is 7.05 Å². The second-order valence-electron chi connectivity index (χ2n) is 5.58. The second-order valence-corrected chi connectivity index (χ2v) is 5.99. The Labute approximate surface area is 145 Å². The lowest BCUT2D eigenvalue weighted by Gasteiger charge is -2.49.